The zero-order chi connectivity index (χ0) is 32.9. The number of hydrogen-bond acceptors (Lipinski definition) is 5. The molecule has 8 heteroatoms. The summed E-state index contributed by atoms with van der Waals surface area (Å²) in [4.78, 5) is 16.9. The van der Waals surface area contributed by atoms with Gasteiger partial charge in [-0.1, -0.05) is 26.0 Å². The monoisotopic (exact) mass is 858 g/mol. The van der Waals surface area contributed by atoms with Gasteiger partial charge < -0.3 is 9.47 Å². The average Bonchev–Trinajstić information content (AvgIpc) is 3.31. The molecule has 0 radical (unpaired) electrons. The fraction of sp³-hybridized carbons (Fsp3) is 0.529. The molecule has 0 N–H and O–H groups in total. The Morgan fingerprint density at radius 1 is 0.857 bits per heavy atom. The SMILES string of the molecule is CC.COC(C)(C)C(C)=O.Cc1ccc(C)c(OCCc2nc(-c3c(C)c(C)c(C)c(C)c3C)sc2C)c1C.[I][V][I]. The molecule has 0 aliphatic carbocycles. The topological polar surface area (TPSA) is 48.4 Å². The summed E-state index contributed by atoms with van der Waals surface area (Å²) >= 11 is 6.54. The summed E-state index contributed by atoms with van der Waals surface area (Å²) in [7, 11) is 2.16. The summed E-state index contributed by atoms with van der Waals surface area (Å²) in [5.41, 5.74) is 12.4. The quantitative estimate of drug-likeness (QED) is 0.222. The van der Waals surface area contributed by atoms with E-state index < -0.39 is 5.60 Å². The first-order valence-corrected chi connectivity index (χ1v) is 24.1. The van der Waals surface area contributed by atoms with Gasteiger partial charge in [-0.05, 0) is 128 Å². The number of rotatable bonds is 7. The van der Waals surface area contributed by atoms with Gasteiger partial charge in [-0.2, -0.15) is 0 Å². The van der Waals surface area contributed by atoms with Crippen molar-refractivity contribution in [3.8, 4) is 16.3 Å². The van der Waals surface area contributed by atoms with E-state index in [9.17, 15) is 4.79 Å². The Kier molecular flexibility index (Phi) is 19.6. The second kappa shape index (κ2) is 19.8. The van der Waals surface area contributed by atoms with Gasteiger partial charge in [0.2, 0.25) is 0 Å². The number of ether oxygens (including phenoxy) is 2. The standard InChI is InChI=1S/C26H33NOS.C6H12O2.C2H6.2HI.V/c1-14-10-11-15(2)25(16(14)3)28-13-12-23-22(9)29-26(27-23)24-20(7)18(5)17(4)19(6)21(24)8;1-5(7)6(2,3)8-4;1-2;;;/h10-11H,12-13H2,1-9H3;1-4H3;1-2H3;2*1H;/q;;;;;+2/p-2. The number of aromatic nitrogens is 1. The fourth-order valence-electron chi connectivity index (χ4n) is 4.13. The Morgan fingerprint density at radius 3 is 1.74 bits per heavy atom. The predicted molar refractivity (Wildman–Crippen MR) is 197 cm³/mol. The molecule has 0 saturated carbocycles. The minimum atomic E-state index is -0.597. The molecular weight excluding hydrogens is 807 g/mol. The van der Waals surface area contributed by atoms with E-state index in [2.05, 4.69) is 114 Å². The molecule has 1 aromatic heterocycles. The van der Waals surface area contributed by atoms with E-state index >= 15 is 0 Å². The van der Waals surface area contributed by atoms with Gasteiger partial charge in [0.05, 0.1) is 12.3 Å². The number of hydrogen-bond donors (Lipinski definition) is 0. The number of nitrogens with zero attached hydrogens (tertiary/aromatic N) is 1. The summed E-state index contributed by atoms with van der Waals surface area (Å²) in [6, 6.07) is 4.29. The summed E-state index contributed by atoms with van der Waals surface area (Å²) in [6.45, 7) is 29.4. The molecule has 0 spiro atoms. The Morgan fingerprint density at radius 2 is 1.31 bits per heavy atom. The van der Waals surface area contributed by atoms with Crippen molar-refractivity contribution in [3.63, 3.8) is 0 Å². The van der Waals surface area contributed by atoms with Crippen LogP contribution >= 0.6 is 51.3 Å². The van der Waals surface area contributed by atoms with Gasteiger partial charge in [0.25, 0.3) is 0 Å². The molecule has 0 bridgehead atoms. The number of thiazole rings is 1. The van der Waals surface area contributed by atoms with Crippen LogP contribution in [0.15, 0.2) is 12.1 Å². The van der Waals surface area contributed by atoms with E-state index in [4.69, 9.17) is 14.5 Å². The molecule has 235 valence electrons. The van der Waals surface area contributed by atoms with Crippen molar-refractivity contribution in [1.29, 1.82) is 0 Å². The Bertz CT molecular complexity index is 1290. The number of methoxy groups -OCH3 is 1. The molecule has 3 rings (SSSR count). The molecule has 4 nitrogen and oxygen atoms in total. The van der Waals surface area contributed by atoms with E-state index in [-0.39, 0.29) is 5.78 Å². The van der Waals surface area contributed by atoms with Crippen molar-refractivity contribution in [1.82, 2.24) is 4.98 Å². The zero-order valence-corrected chi connectivity index (χ0v) is 34.9. The maximum absolute atomic E-state index is 10.6. The minimum absolute atomic E-state index is 0.0556. The first-order valence-electron chi connectivity index (χ1n) is 14.3. The average molecular weight is 859 g/mol. The molecular formula is C34H51I2NO3SV. The second-order valence-corrected chi connectivity index (χ2v) is 23.6. The van der Waals surface area contributed by atoms with Crippen LogP contribution in [0.25, 0.3) is 10.6 Å². The summed E-state index contributed by atoms with van der Waals surface area (Å²) in [5, 5.41) is 1.14. The van der Waals surface area contributed by atoms with Gasteiger partial charge in [-0.3, -0.25) is 4.79 Å². The van der Waals surface area contributed by atoms with Gasteiger partial charge in [0, 0.05) is 24.0 Å². The number of halogens is 2. The van der Waals surface area contributed by atoms with E-state index in [1.807, 2.05) is 25.2 Å². The van der Waals surface area contributed by atoms with Crippen LogP contribution in [0, 0.1) is 62.3 Å². The zero-order valence-electron chi connectivity index (χ0n) is 28.4. The number of carbonyl (C=O) groups excluding carboxylic acids is 1. The Hall–Kier alpha value is -0.456. The summed E-state index contributed by atoms with van der Waals surface area (Å²) in [5.74, 6) is 1.08. The van der Waals surface area contributed by atoms with Crippen LogP contribution in [-0.4, -0.2) is 30.1 Å². The third kappa shape index (κ3) is 11.5. The first kappa shape index (κ1) is 41.5. The second-order valence-electron chi connectivity index (χ2n) is 10.6. The number of benzene rings is 2. The number of Topliss-reactive ketones (excluding diaryl/α,β-unsaturated/α-hetero) is 1. The number of carbonyl (C=O) groups is 1. The molecule has 42 heavy (non-hydrogen) atoms. The van der Waals surface area contributed by atoms with Gasteiger partial charge in [-0.25, -0.2) is 4.98 Å². The van der Waals surface area contributed by atoms with Crippen LogP contribution in [0.5, 0.6) is 5.75 Å². The van der Waals surface area contributed by atoms with Gasteiger partial charge in [-0.15, -0.1) is 11.3 Å². The summed E-state index contributed by atoms with van der Waals surface area (Å²) in [6.07, 6.45) is 0.830. The van der Waals surface area contributed by atoms with Crippen molar-refractivity contribution in [2.75, 3.05) is 13.7 Å². The van der Waals surface area contributed by atoms with Gasteiger partial charge in [0.15, 0.2) is 5.78 Å². The first-order chi connectivity index (χ1) is 19.5. The normalized spacial score (nSPS) is 10.4. The molecule has 0 unspecified atom stereocenters. The molecule has 0 atom stereocenters. The van der Waals surface area contributed by atoms with Crippen molar-refractivity contribution in [3.05, 3.63) is 67.2 Å². The van der Waals surface area contributed by atoms with Crippen LogP contribution in [0.2, 0.25) is 0 Å². The van der Waals surface area contributed by atoms with Crippen molar-refractivity contribution >= 4 is 57.1 Å². The van der Waals surface area contributed by atoms with E-state index in [1.165, 1.54) is 69.0 Å². The fourth-order valence-corrected chi connectivity index (χ4v) is 5.25. The third-order valence-electron chi connectivity index (χ3n) is 7.92. The van der Waals surface area contributed by atoms with Crippen LogP contribution in [0.3, 0.4) is 0 Å². The van der Waals surface area contributed by atoms with Crippen LogP contribution in [0.4, 0.5) is 0 Å². The van der Waals surface area contributed by atoms with Gasteiger partial charge in [0.1, 0.15) is 16.4 Å². The molecule has 2 aromatic carbocycles. The van der Waals surface area contributed by atoms with Gasteiger partial charge >= 0.3 is 49.4 Å². The van der Waals surface area contributed by atoms with E-state index in [0.717, 1.165) is 22.9 Å². The summed E-state index contributed by atoms with van der Waals surface area (Å²) < 4.78 is 11.0. The Labute approximate surface area is 289 Å². The third-order valence-corrected chi connectivity index (χ3v) is 8.95. The molecule has 0 amide bonds. The molecule has 0 fully saturated rings. The van der Waals surface area contributed by atoms with E-state index in [0.29, 0.717) is 16.1 Å². The Balaban J connectivity index is 0.00000109. The van der Waals surface area contributed by atoms with Crippen LogP contribution < -0.4 is 4.74 Å². The van der Waals surface area contributed by atoms with Crippen molar-refractivity contribution in [2.24, 2.45) is 0 Å². The van der Waals surface area contributed by atoms with Crippen LogP contribution in [0.1, 0.15) is 89.7 Å². The maximum atomic E-state index is 10.6. The molecule has 0 saturated heterocycles. The van der Waals surface area contributed by atoms with Crippen molar-refractivity contribution in [2.45, 2.75) is 109 Å². The van der Waals surface area contributed by atoms with E-state index in [1.54, 1.807) is 13.8 Å². The predicted octanol–water partition coefficient (Wildman–Crippen LogP) is 11.0. The number of aryl methyl sites for hydroxylation is 3. The molecule has 3 aromatic rings. The molecule has 0 aliphatic heterocycles. The number of ketones is 1. The van der Waals surface area contributed by atoms with Crippen molar-refractivity contribution < 1.29 is 23.7 Å². The molecule has 0 aliphatic rings. The molecule has 1 heterocycles. The van der Waals surface area contributed by atoms with Crippen LogP contribution in [-0.2, 0) is 25.4 Å².